The van der Waals surface area contributed by atoms with Gasteiger partial charge in [0.2, 0.25) is 5.91 Å². The zero-order chi connectivity index (χ0) is 16.9. The Morgan fingerprint density at radius 3 is 2.92 bits per heavy atom. The molecule has 128 valence electrons. The summed E-state index contributed by atoms with van der Waals surface area (Å²) in [4.78, 5) is 29.5. The average molecular weight is 347 g/mol. The molecule has 2 aromatic rings. The van der Waals surface area contributed by atoms with Crippen LogP contribution in [0.3, 0.4) is 0 Å². The summed E-state index contributed by atoms with van der Waals surface area (Å²) in [5, 5.41) is 6.49. The van der Waals surface area contributed by atoms with Gasteiger partial charge in [0.15, 0.2) is 11.6 Å². The molecule has 0 saturated carbocycles. The topological polar surface area (TPSA) is 75.5 Å². The molecule has 2 amide bonds. The van der Waals surface area contributed by atoms with E-state index < -0.39 is 0 Å². The highest BCUT2D eigenvalue weighted by molar-refractivity contribution is 7.18. The van der Waals surface area contributed by atoms with E-state index in [4.69, 9.17) is 4.98 Å². The number of likely N-dealkylation sites (N-methyl/N-ethyl adjacent to an activating group) is 1. The number of hydrogen-bond acceptors (Lipinski definition) is 4. The first kappa shape index (κ1) is 16.9. The maximum absolute atomic E-state index is 12.1. The third kappa shape index (κ3) is 3.91. The van der Waals surface area contributed by atoms with Crippen molar-refractivity contribution in [2.75, 3.05) is 26.2 Å². The van der Waals surface area contributed by atoms with Gasteiger partial charge in [0.1, 0.15) is 6.04 Å². The molecule has 1 fully saturated rings. The molecule has 1 aromatic carbocycles. The van der Waals surface area contributed by atoms with E-state index in [0.29, 0.717) is 13.1 Å². The van der Waals surface area contributed by atoms with E-state index in [1.165, 1.54) is 9.60 Å². The summed E-state index contributed by atoms with van der Waals surface area (Å²) in [7, 11) is 0. The van der Waals surface area contributed by atoms with Crippen LogP contribution < -0.4 is 15.5 Å². The van der Waals surface area contributed by atoms with E-state index in [1.807, 2.05) is 25.1 Å². The monoisotopic (exact) mass is 347 g/mol. The van der Waals surface area contributed by atoms with Gasteiger partial charge in [-0.3, -0.25) is 9.59 Å². The quantitative estimate of drug-likeness (QED) is 0.702. The van der Waals surface area contributed by atoms with Crippen LogP contribution >= 0.6 is 11.3 Å². The lowest BCUT2D eigenvalue weighted by molar-refractivity contribution is -0.910. The number of quaternary nitrogens is 1. The average Bonchev–Trinajstić information content (AvgIpc) is 3.19. The Labute approximate surface area is 145 Å². The number of nitrogens with zero attached hydrogens (tertiary/aromatic N) is 1. The van der Waals surface area contributed by atoms with Crippen LogP contribution in [0.5, 0.6) is 0 Å². The minimum absolute atomic E-state index is 0.0474. The minimum Gasteiger partial charge on any atom is -0.355 e. The summed E-state index contributed by atoms with van der Waals surface area (Å²) in [6.45, 7) is 3.84. The number of benzene rings is 1. The molecule has 24 heavy (non-hydrogen) atoms. The first-order chi connectivity index (χ1) is 11.7. The first-order valence-corrected chi connectivity index (χ1v) is 9.22. The molecule has 1 unspecified atom stereocenters. The van der Waals surface area contributed by atoms with Crippen LogP contribution in [-0.2, 0) is 9.59 Å². The van der Waals surface area contributed by atoms with Gasteiger partial charge in [-0.1, -0.05) is 12.1 Å². The van der Waals surface area contributed by atoms with Crippen molar-refractivity contribution in [2.24, 2.45) is 0 Å². The zero-order valence-corrected chi connectivity index (χ0v) is 14.6. The van der Waals surface area contributed by atoms with E-state index >= 15 is 0 Å². The number of aromatic nitrogens is 1. The highest BCUT2D eigenvalue weighted by atomic mass is 32.1. The van der Waals surface area contributed by atoms with Gasteiger partial charge in [-0.2, -0.15) is 0 Å². The number of carbonyl (C=O) groups excluding carboxylic acids is 2. The molecule has 0 bridgehead atoms. The smallest absolute Gasteiger partial charge is 0.275 e. The SMILES string of the molecule is CCNC(=O)CNC(=O)C[NH+]1CCC[C@H]1c1nc2ccccc2s1. The summed E-state index contributed by atoms with van der Waals surface area (Å²) in [5.41, 5.74) is 1.03. The minimum atomic E-state index is -0.148. The lowest BCUT2D eigenvalue weighted by atomic mass is 10.2. The van der Waals surface area contributed by atoms with Gasteiger partial charge < -0.3 is 15.5 Å². The summed E-state index contributed by atoms with van der Waals surface area (Å²) in [6.07, 6.45) is 2.15. The van der Waals surface area contributed by atoms with Gasteiger partial charge in [0.25, 0.3) is 5.91 Å². The molecule has 3 N–H and O–H groups in total. The van der Waals surface area contributed by atoms with Gasteiger partial charge in [0, 0.05) is 19.4 Å². The fraction of sp³-hybridized carbons (Fsp3) is 0.471. The van der Waals surface area contributed by atoms with Crippen molar-refractivity contribution in [3.05, 3.63) is 29.3 Å². The van der Waals surface area contributed by atoms with E-state index in [0.717, 1.165) is 29.9 Å². The van der Waals surface area contributed by atoms with Crippen molar-refractivity contribution in [1.29, 1.82) is 0 Å². The van der Waals surface area contributed by atoms with Crippen LogP contribution in [-0.4, -0.2) is 43.0 Å². The molecular formula is C17H23N4O2S+. The van der Waals surface area contributed by atoms with Crippen LogP contribution in [0.15, 0.2) is 24.3 Å². The van der Waals surface area contributed by atoms with Gasteiger partial charge in [-0.15, -0.1) is 11.3 Å². The molecule has 6 nitrogen and oxygen atoms in total. The predicted octanol–water partition coefficient (Wildman–Crippen LogP) is 0.268. The van der Waals surface area contributed by atoms with Crippen molar-refractivity contribution >= 4 is 33.4 Å². The van der Waals surface area contributed by atoms with Gasteiger partial charge >= 0.3 is 0 Å². The van der Waals surface area contributed by atoms with Crippen molar-refractivity contribution in [3.63, 3.8) is 0 Å². The Morgan fingerprint density at radius 2 is 2.12 bits per heavy atom. The van der Waals surface area contributed by atoms with Crippen LogP contribution in [0.25, 0.3) is 10.2 Å². The number of thiazole rings is 1. The van der Waals surface area contributed by atoms with Crippen molar-refractivity contribution in [2.45, 2.75) is 25.8 Å². The van der Waals surface area contributed by atoms with E-state index in [1.54, 1.807) is 11.3 Å². The normalized spacial score (nSPS) is 20.2. The van der Waals surface area contributed by atoms with Gasteiger partial charge in [0.05, 0.1) is 23.3 Å². The van der Waals surface area contributed by atoms with Crippen LogP contribution in [0.4, 0.5) is 0 Å². The largest absolute Gasteiger partial charge is 0.355 e. The second-order valence-corrected chi connectivity index (χ2v) is 7.09. The van der Waals surface area contributed by atoms with Gasteiger partial charge in [-0.25, -0.2) is 4.98 Å². The Morgan fingerprint density at radius 1 is 1.29 bits per heavy atom. The molecule has 3 rings (SSSR count). The number of fused-ring (bicyclic) bond motifs is 1. The molecule has 7 heteroatoms. The number of rotatable bonds is 6. The molecule has 1 aliphatic rings. The lowest BCUT2D eigenvalue weighted by Crippen LogP contribution is -3.11. The Balaban J connectivity index is 1.61. The third-order valence-corrected chi connectivity index (χ3v) is 5.45. The van der Waals surface area contributed by atoms with Crippen molar-refractivity contribution < 1.29 is 14.5 Å². The molecule has 0 aliphatic carbocycles. The zero-order valence-electron chi connectivity index (χ0n) is 13.8. The number of amides is 2. The maximum atomic E-state index is 12.1. The molecule has 1 aliphatic heterocycles. The fourth-order valence-electron chi connectivity index (χ4n) is 3.17. The summed E-state index contributed by atoms with van der Waals surface area (Å²) >= 11 is 1.72. The molecule has 2 heterocycles. The number of likely N-dealkylation sites (tertiary alicyclic amines) is 1. The number of carbonyl (C=O) groups is 2. The predicted molar refractivity (Wildman–Crippen MR) is 94.0 cm³/mol. The van der Waals surface area contributed by atoms with Crippen molar-refractivity contribution in [3.8, 4) is 0 Å². The molecular weight excluding hydrogens is 324 g/mol. The third-order valence-electron chi connectivity index (χ3n) is 4.30. The van der Waals surface area contributed by atoms with E-state index in [9.17, 15) is 9.59 Å². The fourth-order valence-corrected chi connectivity index (χ4v) is 4.33. The first-order valence-electron chi connectivity index (χ1n) is 8.41. The molecule has 2 atom stereocenters. The van der Waals surface area contributed by atoms with E-state index in [-0.39, 0.29) is 24.4 Å². The number of para-hydroxylation sites is 1. The standard InChI is InChI=1S/C17H22N4O2S/c1-2-18-15(22)10-19-16(23)11-21-9-5-7-13(21)17-20-12-6-3-4-8-14(12)24-17/h3-4,6,8,13H,2,5,7,9-11H2,1H3,(H,18,22)(H,19,23)/p+1/t13-/m0/s1. The maximum Gasteiger partial charge on any atom is 0.275 e. The molecule has 1 saturated heterocycles. The summed E-state index contributed by atoms with van der Waals surface area (Å²) in [5.74, 6) is -0.228. The van der Waals surface area contributed by atoms with Crippen molar-refractivity contribution in [1.82, 2.24) is 15.6 Å². The lowest BCUT2D eigenvalue weighted by Gasteiger charge is -2.19. The van der Waals surface area contributed by atoms with Crippen LogP contribution in [0, 0.1) is 0 Å². The van der Waals surface area contributed by atoms with Crippen LogP contribution in [0.2, 0.25) is 0 Å². The summed E-state index contributed by atoms with van der Waals surface area (Å²) in [6, 6.07) is 8.42. The Bertz CT molecular complexity index is 697. The van der Waals surface area contributed by atoms with Gasteiger partial charge in [-0.05, 0) is 19.1 Å². The van der Waals surface area contributed by atoms with Crippen LogP contribution in [0.1, 0.15) is 30.8 Å². The molecule has 0 spiro atoms. The second kappa shape index (κ2) is 7.72. The highest BCUT2D eigenvalue weighted by Crippen LogP contribution is 2.28. The number of nitrogens with one attached hydrogen (secondary N) is 3. The Kier molecular flexibility index (Phi) is 5.42. The second-order valence-electron chi connectivity index (χ2n) is 6.03. The number of hydrogen-bond donors (Lipinski definition) is 3. The molecule has 0 radical (unpaired) electrons. The summed E-state index contributed by atoms with van der Waals surface area (Å²) < 4.78 is 1.19. The van der Waals surface area contributed by atoms with E-state index in [2.05, 4.69) is 16.7 Å². The molecule has 1 aromatic heterocycles. The Hall–Kier alpha value is -1.99. The highest BCUT2D eigenvalue weighted by Gasteiger charge is 2.33.